The number of hydrogen-bond acceptors (Lipinski definition) is 5. The van der Waals surface area contributed by atoms with Gasteiger partial charge in [0.05, 0.1) is 17.0 Å². The van der Waals surface area contributed by atoms with E-state index in [4.69, 9.17) is 5.11 Å². The van der Waals surface area contributed by atoms with Crippen molar-refractivity contribution in [2.24, 2.45) is 5.92 Å². The Kier molecular flexibility index (Phi) is 6.17. The van der Waals surface area contributed by atoms with Gasteiger partial charge in [0.2, 0.25) is 5.91 Å². The SMILES string of the molecule is CC(C)C[C@@H](C(=O)N[C@@H](C(=O)O)[C@@H](C)O)n1c(=O)[nH]c2ccccc2c1=O. The lowest BCUT2D eigenvalue weighted by atomic mass is 10.0. The molecule has 0 fully saturated rings. The van der Waals surface area contributed by atoms with Crippen LogP contribution in [0.5, 0.6) is 0 Å². The summed E-state index contributed by atoms with van der Waals surface area (Å²) in [6.07, 6.45) is -1.21. The Morgan fingerprint density at radius 2 is 1.81 bits per heavy atom. The number of rotatable bonds is 7. The number of nitrogens with zero attached hydrogens (tertiary/aromatic N) is 1. The Morgan fingerprint density at radius 3 is 2.37 bits per heavy atom. The second-order valence-corrected chi connectivity index (χ2v) is 6.86. The number of carboxylic acid groups (broad SMARTS) is 1. The van der Waals surface area contributed by atoms with Crippen LogP contribution in [0.25, 0.3) is 10.9 Å². The molecule has 9 nitrogen and oxygen atoms in total. The van der Waals surface area contributed by atoms with E-state index in [0.717, 1.165) is 4.57 Å². The molecule has 1 amide bonds. The molecule has 4 N–H and O–H groups in total. The lowest BCUT2D eigenvalue weighted by Crippen LogP contribution is -2.52. The van der Waals surface area contributed by atoms with Crippen LogP contribution in [0.1, 0.15) is 33.2 Å². The Labute approximate surface area is 154 Å². The summed E-state index contributed by atoms with van der Waals surface area (Å²) in [4.78, 5) is 51.9. The quantitative estimate of drug-likeness (QED) is 0.544. The third-order valence-electron chi connectivity index (χ3n) is 4.19. The number of carbonyl (C=O) groups excluding carboxylic acids is 1. The molecule has 0 radical (unpaired) electrons. The maximum absolute atomic E-state index is 12.8. The van der Waals surface area contributed by atoms with Gasteiger partial charge in [-0.2, -0.15) is 0 Å². The highest BCUT2D eigenvalue weighted by Crippen LogP contribution is 2.16. The molecule has 0 saturated carbocycles. The van der Waals surface area contributed by atoms with Gasteiger partial charge in [-0.3, -0.25) is 9.59 Å². The van der Waals surface area contributed by atoms with E-state index in [9.17, 15) is 24.3 Å². The Bertz CT molecular complexity index is 959. The van der Waals surface area contributed by atoms with Crippen molar-refractivity contribution in [1.82, 2.24) is 14.9 Å². The summed E-state index contributed by atoms with van der Waals surface area (Å²) in [7, 11) is 0. The van der Waals surface area contributed by atoms with Crippen LogP contribution < -0.4 is 16.6 Å². The van der Waals surface area contributed by atoms with Gasteiger partial charge in [0.15, 0.2) is 6.04 Å². The fourth-order valence-corrected chi connectivity index (χ4v) is 2.87. The normalized spacial score (nSPS) is 14.7. The number of hydrogen-bond donors (Lipinski definition) is 4. The first kappa shape index (κ1) is 20.4. The summed E-state index contributed by atoms with van der Waals surface area (Å²) < 4.78 is 0.804. The number of para-hydroxylation sites is 1. The first-order valence-electron chi connectivity index (χ1n) is 8.58. The molecule has 0 aliphatic rings. The van der Waals surface area contributed by atoms with Crippen molar-refractivity contribution in [3.8, 4) is 0 Å². The van der Waals surface area contributed by atoms with Gasteiger partial charge in [-0.15, -0.1) is 0 Å². The molecule has 1 heterocycles. The number of carboxylic acids is 1. The topological polar surface area (TPSA) is 141 Å². The number of amides is 1. The molecule has 0 bridgehead atoms. The number of aromatic nitrogens is 2. The van der Waals surface area contributed by atoms with Crippen molar-refractivity contribution < 1.29 is 19.8 Å². The molecule has 2 aromatic rings. The van der Waals surface area contributed by atoms with Gasteiger partial charge in [-0.05, 0) is 31.4 Å². The zero-order valence-corrected chi connectivity index (χ0v) is 15.3. The van der Waals surface area contributed by atoms with E-state index in [2.05, 4.69) is 10.3 Å². The van der Waals surface area contributed by atoms with Crippen LogP contribution in [-0.4, -0.2) is 43.8 Å². The van der Waals surface area contributed by atoms with Crippen molar-refractivity contribution in [2.45, 2.75) is 45.4 Å². The predicted molar refractivity (Wildman–Crippen MR) is 98.6 cm³/mol. The van der Waals surface area contributed by atoms with Crippen molar-refractivity contribution in [3.05, 3.63) is 45.1 Å². The second kappa shape index (κ2) is 8.17. The van der Waals surface area contributed by atoms with Crippen LogP contribution in [0.3, 0.4) is 0 Å². The van der Waals surface area contributed by atoms with E-state index in [1.165, 1.54) is 13.0 Å². The van der Waals surface area contributed by atoms with Gasteiger partial charge >= 0.3 is 11.7 Å². The smallest absolute Gasteiger partial charge is 0.329 e. The maximum atomic E-state index is 12.8. The van der Waals surface area contributed by atoms with E-state index in [-0.39, 0.29) is 17.7 Å². The molecule has 9 heteroatoms. The van der Waals surface area contributed by atoms with Gasteiger partial charge in [-0.25, -0.2) is 14.2 Å². The van der Waals surface area contributed by atoms with E-state index in [1.807, 2.05) is 13.8 Å². The minimum atomic E-state index is -1.55. The molecule has 0 unspecified atom stereocenters. The first-order chi connectivity index (χ1) is 12.6. The lowest BCUT2D eigenvalue weighted by Gasteiger charge is -2.24. The molecule has 1 aromatic carbocycles. The highest BCUT2D eigenvalue weighted by atomic mass is 16.4. The average molecular weight is 377 g/mol. The van der Waals surface area contributed by atoms with Crippen molar-refractivity contribution in [3.63, 3.8) is 0 Å². The zero-order valence-electron chi connectivity index (χ0n) is 15.3. The summed E-state index contributed by atoms with van der Waals surface area (Å²) >= 11 is 0. The average Bonchev–Trinajstić information content (AvgIpc) is 2.57. The highest BCUT2D eigenvalue weighted by molar-refractivity contribution is 5.86. The van der Waals surface area contributed by atoms with E-state index >= 15 is 0 Å². The first-order valence-corrected chi connectivity index (χ1v) is 8.58. The molecule has 0 aliphatic carbocycles. The summed E-state index contributed by atoms with van der Waals surface area (Å²) in [5.74, 6) is -2.30. The molecular formula is C18H23N3O6. The molecule has 2 rings (SSSR count). The third-order valence-corrected chi connectivity index (χ3v) is 4.19. The minimum Gasteiger partial charge on any atom is -0.480 e. The number of benzene rings is 1. The van der Waals surface area contributed by atoms with Gasteiger partial charge < -0.3 is 20.5 Å². The number of nitrogens with one attached hydrogen (secondary N) is 2. The van der Waals surface area contributed by atoms with Gasteiger partial charge in [0, 0.05) is 0 Å². The van der Waals surface area contributed by atoms with E-state index in [1.54, 1.807) is 18.2 Å². The Hall–Kier alpha value is -2.94. The van der Waals surface area contributed by atoms with Crippen molar-refractivity contribution >= 4 is 22.8 Å². The molecule has 146 valence electrons. The highest BCUT2D eigenvalue weighted by Gasteiger charge is 2.31. The monoisotopic (exact) mass is 377 g/mol. The number of aliphatic carboxylic acids is 1. The standard InChI is InChI=1S/C18H23N3O6/c1-9(2)8-13(15(23)20-14(10(3)22)17(25)26)21-16(24)11-6-4-5-7-12(11)19-18(21)27/h4-7,9-10,13-14,22H,8H2,1-3H3,(H,19,27)(H,20,23)(H,25,26)/t10-,13+,14-/m1/s1. The van der Waals surface area contributed by atoms with E-state index < -0.39 is 41.3 Å². The Balaban J connectivity index is 2.56. The minimum absolute atomic E-state index is 0.0617. The predicted octanol–water partition coefficient (Wildman–Crippen LogP) is 0.227. The molecule has 1 aromatic heterocycles. The van der Waals surface area contributed by atoms with Crippen molar-refractivity contribution in [1.29, 1.82) is 0 Å². The summed E-state index contributed by atoms with van der Waals surface area (Å²) in [6, 6.07) is 3.64. The van der Waals surface area contributed by atoms with Crippen LogP contribution in [0.4, 0.5) is 0 Å². The molecule has 0 aliphatic heterocycles. The molecule has 3 atom stereocenters. The fourth-order valence-electron chi connectivity index (χ4n) is 2.87. The van der Waals surface area contributed by atoms with Crippen LogP contribution in [0, 0.1) is 5.92 Å². The zero-order chi connectivity index (χ0) is 20.3. The van der Waals surface area contributed by atoms with Crippen LogP contribution in [0.15, 0.2) is 33.9 Å². The van der Waals surface area contributed by atoms with E-state index in [0.29, 0.717) is 5.52 Å². The molecule has 27 heavy (non-hydrogen) atoms. The molecule has 0 saturated heterocycles. The number of aromatic amines is 1. The fraction of sp³-hybridized carbons (Fsp3) is 0.444. The lowest BCUT2D eigenvalue weighted by molar-refractivity contribution is -0.145. The number of aliphatic hydroxyl groups excluding tert-OH is 1. The number of carbonyl (C=O) groups is 2. The maximum Gasteiger partial charge on any atom is 0.329 e. The summed E-state index contributed by atoms with van der Waals surface area (Å²) in [6.45, 7) is 4.85. The second-order valence-electron chi connectivity index (χ2n) is 6.86. The van der Waals surface area contributed by atoms with Crippen LogP contribution in [0.2, 0.25) is 0 Å². The molecular weight excluding hydrogens is 354 g/mol. The molecule has 0 spiro atoms. The number of fused-ring (bicyclic) bond motifs is 1. The third kappa shape index (κ3) is 4.43. The van der Waals surface area contributed by atoms with Crippen molar-refractivity contribution in [2.75, 3.05) is 0 Å². The van der Waals surface area contributed by atoms with Gasteiger partial charge in [0.25, 0.3) is 5.56 Å². The van der Waals surface area contributed by atoms with Crippen LogP contribution >= 0.6 is 0 Å². The Morgan fingerprint density at radius 1 is 1.19 bits per heavy atom. The van der Waals surface area contributed by atoms with Gasteiger partial charge in [-0.1, -0.05) is 26.0 Å². The van der Waals surface area contributed by atoms with Gasteiger partial charge in [0.1, 0.15) is 6.04 Å². The number of H-pyrrole nitrogens is 1. The summed E-state index contributed by atoms with van der Waals surface area (Å²) in [5.41, 5.74) is -1.05. The number of aliphatic hydroxyl groups is 1. The van der Waals surface area contributed by atoms with Crippen LogP contribution in [-0.2, 0) is 9.59 Å². The largest absolute Gasteiger partial charge is 0.480 e. The summed E-state index contributed by atoms with van der Waals surface area (Å²) in [5, 5.41) is 21.2.